The molecule has 0 heterocycles. The van der Waals surface area contributed by atoms with Crippen molar-refractivity contribution in [2.75, 3.05) is 26.2 Å². The molecule has 1 aliphatic carbocycles. The molecule has 0 aromatic rings. The Bertz CT molecular complexity index is 260. The van der Waals surface area contributed by atoms with Crippen LogP contribution in [0.2, 0.25) is 0 Å². The van der Waals surface area contributed by atoms with Crippen LogP contribution in [-0.4, -0.2) is 37.3 Å². The summed E-state index contributed by atoms with van der Waals surface area (Å²) in [5.41, 5.74) is 0. The van der Waals surface area contributed by atoms with Crippen molar-refractivity contribution in [1.82, 2.24) is 10.6 Å². The van der Waals surface area contributed by atoms with E-state index in [-0.39, 0.29) is 19.1 Å². The summed E-state index contributed by atoms with van der Waals surface area (Å²) in [6.07, 6.45) is 8.38. The molecule has 1 aliphatic rings. The molecule has 1 fully saturated rings. The number of aliphatic hydroxyl groups is 1. The summed E-state index contributed by atoms with van der Waals surface area (Å²) >= 11 is 0. The highest BCUT2D eigenvalue weighted by molar-refractivity contribution is 5.77. The number of carbonyl (C=O) groups excluding carboxylic acids is 1. The van der Waals surface area contributed by atoms with Crippen LogP contribution in [0, 0.1) is 24.2 Å². The number of aliphatic hydroxyl groups excluding tert-OH is 1. The van der Waals surface area contributed by atoms with Gasteiger partial charge in [-0.25, -0.2) is 0 Å². The van der Waals surface area contributed by atoms with Gasteiger partial charge in [0.25, 0.3) is 0 Å². The van der Waals surface area contributed by atoms with E-state index < -0.39 is 0 Å². The SMILES string of the molecule is C#CCNCC(=O)NCC1CCCC1CO. The molecule has 2 unspecified atom stereocenters. The topological polar surface area (TPSA) is 61.4 Å². The van der Waals surface area contributed by atoms with Gasteiger partial charge in [0.1, 0.15) is 0 Å². The molecule has 1 saturated carbocycles. The molecule has 0 spiro atoms. The minimum absolute atomic E-state index is 0.0289. The summed E-state index contributed by atoms with van der Waals surface area (Å²) in [6, 6.07) is 0. The van der Waals surface area contributed by atoms with Crippen LogP contribution in [0.25, 0.3) is 0 Å². The van der Waals surface area contributed by atoms with Crippen LogP contribution in [0.15, 0.2) is 0 Å². The van der Waals surface area contributed by atoms with Gasteiger partial charge in [-0.05, 0) is 24.7 Å². The molecule has 0 radical (unpaired) electrons. The van der Waals surface area contributed by atoms with Crippen molar-refractivity contribution in [3.05, 3.63) is 0 Å². The highest BCUT2D eigenvalue weighted by Crippen LogP contribution is 2.30. The van der Waals surface area contributed by atoms with Gasteiger partial charge in [-0.1, -0.05) is 12.3 Å². The zero-order valence-electron chi connectivity index (χ0n) is 9.54. The number of terminal acetylenes is 1. The van der Waals surface area contributed by atoms with Gasteiger partial charge in [-0.3, -0.25) is 10.1 Å². The van der Waals surface area contributed by atoms with E-state index in [0.717, 1.165) is 19.3 Å². The summed E-state index contributed by atoms with van der Waals surface area (Å²) in [5.74, 6) is 3.18. The fraction of sp³-hybridized carbons (Fsp3) is 0.750. The highest BCUT2D eigenvalue weighted by Gasteiger charge is 2.26. The first-order valence-corrected chi connectivity index (χ1v) is 5.79. The third-order valence-corrected chi connectivity index (χ3v) is 3.13. The lowest BCUT2D eigenvalue weighted by Crippen LogP contribution is -2.37. The number of hydrogen-bond acceptors (Lipinski definition) is 3. The van der Waals surface area contributed by atoms with E-state index in [1.807, 2.05) is 0 Å². The molecule has 90 valence electrons. The standard InChI is InChI=1S/C12H20N2O2/c1-2-6-13-8-12(16)14-7-10-4-3-5-11(10)9-15/h1,10-11,13,15H,3-9H2,(H,14,16). The van der Waals surface area contributed by atoms with Crippen LogP contribution in [0.4, 0.5) is 0 Å². The highest BCUT2D eigenvalue weighted by atomic mass is 16.3. The van der Waals surface area contributed by atoms with Gasteiger partial charge in [0.2, 0.25) is 5.91 Å². The molecule has 0 aliphatic heterocycles. The van der Waals surface area contributed by atoms with Gasteiger partial charge in [-0.15, -0.1) is 6.42 Å². The Labute approximate surface area is 96.8 Å². The van der Waals surface area contributed by atoms with E-state index >= 15 is 0 Å². The van der Waals surface area contributed by atoms with Gasteiger partial charge < -0.3 is 10.4 Å². The van der Waals surface area contributed by atoms with Gasteiger partial charge in [0.15, 0.2) is 0 Å². The monoisotopic (exact) mass is 224 g/mol. The third kappa shape index (κ3) is 4.21. The summed E-state index contributed by atoms with van der Waals surface area (Å²) < 4.78 is 0. The van der Waals surface area contributed by atoms with E-state index in [1.165, 1.54) is 0 Å². The van der Waals surface area contributed by atoms with Crippen molar-refractivity contribution in [3.8, 4) is 12.3 Å². The molecular weight excluding hydrogens is 204 g/mol. The minimum Gasteiger partial charge on any atom is -0.396 e. The van der Waals surface area contributed by atoms with E-state index in [4.69, 9.17) is 11.5 Å². The molecule has 16 heavy (non-hydrogen) atoms. The molecule has 0 bridgehead atoms. The van der Waals surface area contributed by atoms with Gasteiger partial charge >= 0.3 is 0 Å². The molecule has 0 saturated heterocycles. The predicted molar refractivity (Wildman–Crippen MR) is 62.6 cm³/mol. The Morgan fingerprint density at radius 1 is 1.44 bits per heavy atom. The molecule has 0 aromatic heterocycles. The first-order valence-electron chi connectivity index (χ1n) is 5.79. The fourth-order valence-electron chi connectivity index (χ4n) is 2.18. The number of amides is 1. The molecule has 3 N–H and O–H groups in total. The lowest BCUT2D eigenvalue weighted by atomic mass is 9.97. The minimum atomic E-state index is -0.0289. The van der Waals surface area contributed by atoms with Crippen LogP contribution in [-0.2, 0) is 4.79 Å². The first-order chi connectivity index (χ1) is 7.77. The Morgan fingerprint density at radius 2 is 2.19 bits per heavy atom. The first kappa shape index (κ1) is 13.0. The van der Waals surface area contributed by atoms with Crippen molar-refractivity contribution in [3.63, 3.8) is 0 Å². The van der Waals surface area contributed by atoms with E-state index in [0.29, 0.717) is 24.9 Å². The molecule has 4 heteroatoms. The van der Waals surface area contributed by atoms with E-state index in [2.05, 4.69) is 16.6 Å². The zero-order chi connectivity index (χ0) is 11.8. The quantitative estimate of drug-likeness (QED) is 0.430. The van der Waals surface area contributed by atoms with E-state index in [9.17, 15) is 4.79 Å². The van der Waals surface area contributed by atoms with Crippen molar-refractivity contribution in [2.45, 2.75) is 19.3 Å². The maximum atomic E-state index is 11.4. The Hall–Kier alpha value is -1.05. The average molecular weight is 224 g/mol. The van der Waals surface area contributed by atoms with Crippen molar-refractivity contribution in [1.29, 1.82) is 0 Å². The Morgan fingerprint density at radius 3 is 2.88 bits per heavy atom. The fourth-order valence-corrected chi connectivity index (χ4v) is 2.18. The maximum absolute atomic E-state index is 11.4. The second-order valence-electron chi connectivity index (χ2n) is 4.25. The predicted octanol–water partition coefficient (Wildman–Crippen LogP) is -0.266. The maximum Gasteiger partial charge on any atom is 0.233 e. The van der Waals surface area contributed by atoms with Crippen LogP contribution >= 0.6 is 0 Å². The molecule has 1 rings (SSSR count). The van der Waals surface area contributed by atoms with Crippen molar-refractivity contribution >= 4 is 5.91 Å². The summed E-state index contributed by atoms with van der Waals surface area (Å²) in [4.78, 5) is 11.4. The largest absolute Gasteiger partial charge is 0.396 e. The van der Waals surface area contributed by atoms with Crippen LogP contribution in [0.3, 0.4) is 0 Å². The number of rotatable bonds is 6. The number of carbonyl (C=O) groups is 1. The zero-order valence-corrected chi connectivity index (χ0v) is 9.54. The van der Waals surface area contributed by atoms with Crippen molar-refractivity contribution in [2.24, 2.45) is 11.8 Å². The Kier molecular flexibility index (Phi) is 5.91. The summed E-state index contributed by atoms with van der Waals surface area (Å²) in [5, 5.41) is 14.8. The molecular formula is C12H20N2O2. The van der Waals surface area contributed by atoms with Crippen molar-refractivity contribution < 1.29 is 9.90 Å². The lowest BCUT2D eigenvalue weighted by Gasteiger charge is -2.17. The molecule has 0 aromatic carbocycles. The number of hydrogen-bond donors (Lipinski definition) is 3. The average Bonchev–Trinajstić information content (AvgIpc) is 2.74. The second-order valence-corrected chi connectivity index (χ2v) is 4.25. The third-order valence-electron chi connectivity index (χ3n) is 3.13. The normalized spacial score (nSPS) is 24.0. The number of nitrogens with one attached hydrogen (secondary N) is 2. The van der Waals surface area contributed by atoms with Crippen LogP contribution < -0.4 is 10.6 Å². The van der Waals surface area contributed by atoms with Crippen LogP contribution in [0.1, 0.15) is 19.3 Å². The molecule has 1 amide bonds. The second kappa shape index (κ2) is 7.26. The van der Waals surface area contributed by atoms with Crippen LogP contribution in [0.5, 0.6) is 0 Å². The summed E-state index contributed by atoms with van der Waals surface area (Å²) in [7, 11) is 0. The lowest BCUT2D eigenvalue weighted by molar-refractivity contribution is -0.120. The van der Waals surface area contributed by atoms with Gasteiger partial charge in [0.05, 0.1) is 13.1 Å². The van der Waals surface area contributed by atoms with E-state index in [1.54, 1.807) is 0 Å². The van der Waals surface area contributed by atoms with Gasteiger partial charge in [-0.2, -0.15) is 0 Å². The molecule has 2 atom stereocenters. The smallest absolute Gasteiger partial charge is 0.233 e. The molecule has 4 nitrogen and oxygen atoms in total. The van der Waals surface area contributed by atoms with Gasteiger partial charge in [0, 0.05) is 13.2 Å². The Balaban J connectivity index is 2.14. The summed E-state index contributed by atoms with van der Waals surface area (Å²) in [6.45, 7) is 1.58.